The number of halogens is 1. The zero-order valence-corrected chi connectivity index (χ0v) is 13.4. The molecule has 2 aromatic heterocycles. The van der Waals surface area contributed by atoms with Gasteiger partial charge in [0.15, 0.2) is 0 Å². The van der Waals surface area contributed by atoms with Gasteiger partial charge in [0.1, 0.15) is 0 Å². The SMILES string of the molecule is CCNC(Cc1cccc(Cl)c1)c1cnc2ccsc2c1. The van der Waals surface area contributed by atoms with Gasteiger partial charge in [0.25, 0.3) is 0 Å². The molecule has 3 aromatic rings. The molecular formula is C17H17ClN2S. The largest absolute Gasteiger partial charge is 0.310 e. The minimum Gasteiger partial charge on any atom is -0.310 e. The molecule has 0 aliphatic heterocycles. The molecule has 0 amide bonds. The van der Waals surface area contributed by atoms with E-state index in [0.717, 1.165) is 23.5 Å². The Morgan fingerprint density at radius 1 is 1.29 bits per heavy atom. The third-order valence-electron chi connectivity index (χ3n) is 3.51. The maximum atomic E-state index is 6.08. The van der Waals surface area contributed by atoms with Gasteiger partial charge in [-0.3, -0.25) is 4.98 Å². The number of fused-ring (bicyclic) bond motifs is 1. The van der Waals surface area contributed by atoms with Crippen LogP contribution in [0.15, 0.2) is 48.0 Å². The number of hydrogen-bond donors (Lipinski definition) is 1. The molecule has 0 spiro atoms. The number of thiophene rings is 1. The fourth-order valence-corrected chi connectivity index (χ4v) is 3.51. The van der Waals surface area contributed by atoms with Gasteiger partial charge >= 0.3 is 0 Å². The fraction of sp³-hybridized carbons (Fsp3) is 0.235. The molecule has 3 rings (SSSR count). The Bertz CT molecular complexity index is 738. The van der Waals surface area contributed by atoms with Crippen molar-refractivity contribution in [2.24, 2.45) is 0 Å². The first kappa shape index (κ1) is 14.5. The highest BCUT2D eigenvalue weighted by Gasteiger charge is 2.13. The molecule has 0 radical (unpaired) electrons. The number of nitrogens with zero attached hydrogens (tertiary/aromatic N) is 1. The fourth-order valence-electron chi connectivity index (χ4n) is 2.51. The van der Waals surface area contributed by atoms with Crippen molar-refractivity contribution in [2.75, 3.05) is 6.54 Å². The molecule has 1 N–H and O–H groups in total. The summed E-state index contributed by atoms with van der Waals surface area (Å²) >= 11 is 7.82. The van der Waals surface area contributed by atoms with Gasteiger partial charge in [-0.25, -0.2) is 0 Å². The van der Waals surface area contributed by atoms with Gasteiger partial charge in [0.05, 0.1) is 10.2 Å². The average Bonchev–Trinajstić information content (AvgIpc) is 2.94. The molecule has 4 heteroatoms. The predicted molar refractivity (Wildman–Crippen MR) is 91.2 cm³/mol. The second-order valence-corrected chi connectivity index (χ2v) is 6.40. The van der Waals surface area contributed by atoms with Crippen molar-refractivity contribution >= 4 is 33.2 Å². The normalized spacial score (nSPS) is 12.7. The lowest BCUT2D eigenvalue weighted by Gasteiger charge is -2.18. The molecule has 2 nitrogen and oxygen atoms in total. The molecule has 0 saturated carbocycles. The molecular weight excluding hydrogens is 300 g/mol. The Morgan fingerprint density at radius 2 is 2.19 bits per heavy atom. The predicted octanol–water partition coefficient (Wildman–Crippen LogP) is 4.84. The van der Waals surface area contributed by atoms with Crippen LogP contribution < -0.4 is 5.32 Å². The van der Waals surface area contributed by atoms with Crippen LogP contribution in [0.3, 0.4) is 0 Å². The van der Waals surface area contributed by atoms with E-state index < -0.39 is 0 Å². The van der Waals surface area contributed by atoms with Crippen LogP contribution in [-0.4, -0.2) is 11.5 Å². The quantitative estimate of drug-likeness (QED) is 0.728. The Balaban J connectivity index is 1.89. The van der Waals surface area contributed by atoms with E-state index >= 15 is 0 Å². The molecule has 1 atom stereocenters. The van der Waals surface area contributed by atoms with E-state index in [2.05, 4.69) is 40.8 Å². The highest BCUT2D eigenvalue weighted by Crippen LogP contribution is 2.25. The van der Waals surface area contributed by atoms with E-state index in [0.29, 0.717) is 0 Å². The van der Waals surface area contributed by atoms with Crippen LogP contribution in [0.5, 0.6) is 0 Å². The van der Waals surface area contributed by atoms with Crippen molar-refractivity contribution in [3.8, 4) is 0 Å². The summed E-state index contributed by atoms with van der Waals surface area (Å²) in [4.78, 5) is 4.55. The number of benzene rings is 1. The summed E-state index contributed by atoms with van der Waals surface area (Å²) in [6.07, 6.45) is 2.89. The Hall–Kier alpha value is -1.42. The zero-order chi connectivity index (χ0) is 14.7. The molecule has 2 heterocycles. The van der Waals surface area contributed by atoms with Crippen LogP contribution in [0.2, 0.25) is 5.02 Å². The van der Waals surface area contributed by atoms with E-state index in [9.17, 15) is 0 Å². The molecule has 108 valence electrons. The number of aromatic nitrogens is 1. The first-order valence-electron chi connectivity index (χ1n) is 7.07. The molecule has 0 fully saturated rings. The standard InChI is InChI=1S/C17H17ClN2S/c1-2-19-16(9-12-4-3-5-14(18)8-12)13-10-17-15(20-11-13)6-7-21-17/h3-8,10-11,16,19H,2,9H2,1H3. The van der Waals surface area contributed by atoms with Crippen molar-refractivity contribution in [1.29, 1.82) is 0 Å². The molecule has 1 aromatic carbocycles. The summed E-state index contributed by atoms with van der Waals surface area (Å²) in [5.41, 5.74) is 3.54. The van der Waals surface area contributed by atoms with Gasteiger partial charge in [-0.2, -0.15) is 0 Å². The topological polar surface area (TPSA) is 24.9 Å². The van der Waals surface area contributed by atoms with Crippen LogP contribution >= 0.6 is 22.9 Å². The Labute approximate surface area is 133 Å². The number of rotatable bonds is 5. The monoisotopic (exact) mass is 316 g/mol. The van der Waals surface area contributed by atoms with Crippen molar-refractivity contribution in [3.05, 3.63) is 64.1 Å². The van der Waals surface area contributed by atoms with Gasteiger partial charge in [-0.1, -0.05) is 30.7 Å². The number of hydrogen-bond acceptors (Lipinski definition) is 3. The van der Waals surface area contributed by atoms with Crippen LogP contribution in [-0.2, 0) is 6.42 Å². The molecule has 0 aliphatic carbocycles. The summed E-state index contributed by atoms with van der Waals surface area (Å²) in [5, 5.41) is 6.42. The van der Waals surface area contributed by atoms with Gasteiger partial charge in [0.2, 0.25) is 0 Å². The zero-order valence-electron chi connectivity index (χ0n) is 11.8. The number of pyridine rings is 1. The molecule has 0 saturated heterocycles. The maximum Gasteiger partial charge on any atom is 0.0809 e. The summed E-state index contributed by atoms with van der Waals surface area (Å²) in [5.74, 6) is 0. The van der Waals surface area contributed by atoms with E-state index in [4.69, 9.17) is 11.6 Å². The van der Waals surface area contributed by atoms with Crippen LogP contribution in [0.4, 0.5) is 0 Å². The summed E-state index contributed by atoms with van der Waals surface area (Å²) in [6, 6.07) is 12.6. The van der Waals surface area contributed by atoms with Crippen LogP contribution in [0.25, 0.3) is 10.2 Å². The van der Waals surface area contributed by atoms with Gasteiger partial charge < -0.3 is 5.32 Å². The smallest absolute Gasteiger partial charge is 0.0809 e. The minimum absolute atomic E-state index is 0.257. The first-order valence-corrected chi connectivity index (χ1v) is 8.33. The van der Waals surface area contributed by atoms with Gasteiger partial charge in [-0.15, -0.1) is 11.3 Å². The third-order valence-corrected chi connectivity index (χ3v) is 4.59. The molecule has 0 bridgehead atoms. The molecule has 0 aliphatic rings. The second kappa shape index (κ2) is 6.56. The van der Waals surface area contributed by atoms with Crippen molar-refractivity contribution in [1.82, 2.24) is 10.3 Å². The number of likely N-dealkylation sites (N-methyl/N-ethyl adjacent to an activating group) is 1. The van der Waals surface area contributed by atoms with E-state index in [1.54, 1.807) is 11.3 Å². The Morgan fingerprint density at radius 3 is 3.00 bits per heavy atom. The highest BCUT2D eigenvalue weighted by molar-refractivity contribution is 7.17. The van der Waals surface area contributed by atoms with E-state index in [-0.39, 0.29) is 6.04 Å². The number of nitrogens with one attached hydrogen (secondary N) is 1. The minimum atomic E-state index is 0.257. The van der Waals surface area contributed by atoms with Gasteiger partial charge in [0, 0.05) is 17.3 Å². The maximum absolute atomic E-state index is 6.08. The van der Waals surface area contributed by atoms with Crippen molar-refractivity contribution < 1.29 is 0 Å². The van der Waals surface area contributed by atoms with Crippen molar-refractivity contribution in [2.45, 2.75) is 19.4 Å². The summed E-state index contributed by atoms with van der Waals surface area (Å²) in [7, 11) is 0. The lowest BCUT2D eigenvalue weighted by atomic mass is 10.00. The second-order valence-electron chi connectivity index (χ2n) is 5.02. The average molecular weight is 317 g/mol. The van der Waals surface area contributed by atoms with Crippen LogP contribution in [0.1, 0.15) is 24.1 Å². The van der Waals surface area contributed by atoms with E-state index in [1.165, 1.54) is 15.8 Å². The van der Waals surface area contributed by atoms with Gasteiger partial charge in [-0.05, 0) is 53.7 Å². The lowest BCUT2D eigenvalue weighted by molar-refractivity contribution is 0.549. The first-order chi connectivity index (χ1) is 10.3. The third kappa shape index (κ3) is 3.43. The molecule has 21 heavy (non-hydrogen) atoms. The molecule has 1 unspecified atom stereocenters. The van der Waals surface area contributed by atoms with Crippen LogP contribution in [0, 0.1) is 0 Å². The Kier molecular flexibility index (Phi) is 4.54. The lowest BCUT2D eigenvalue weighted by Crippen LogP contribution is -2.23. The highest BCUT2D eigenvalue weighted by atomic mass is 35.5. The summed E-state index contributed by atoms with van der Waals surface area (Å²) in [6.45, 7) is 3.05. The summed E-state index contributed by atoms with van der Waals surface area (Å²) < 4.78 is 1.24. The van der Waals surface area contributed by atoms with E-state index in [1.807, 2.05) is 24.4 Å². The van der Waals surface area contributed by atoms with Crippen molar-refractivity contribution in [3.63, 3.8) is 0 Å².